The molecule has 1 heterocycles. The minimum Gasteiger partial charge on any atom is -0.478 e. The molecule has 5 rings (SSSR count). The van der Waals surface area contributed by atoms with Gasteiger partial charge in [0, 0.05) is 16.5 Å². The van der Waals surface area contributed by atoms with Crippen LogP contribution in [0.25, 0.3) is 33.3 Å². The van der Waals surface area contributed by atoms with Crippen LogP contribution in [0.5, 0.6) is 0 Å². The number of fused-ring (bicyclic) bond motifs is 4. The van der Waals surface area contributed by atoms with Gasteiger partial charge in [-0.25, -0.2) is 18.6 Å². The van der Waals surface area contributed by atoms with Crippen LogP contribution in [0.2, 0.25) is 0 Å². The number of hydrogen-bond acceptors (Lipinski definition) is 2. The van der Waals surface area contributed by atoms with Gasteiger partial charge in [-0.15, -0.1) is 0 Å². The van der Waals surface area contributed by atoms with E-state index in [0.29, 0.717) is 40.6 Å². The summed E-state index contributed by atoms with van der Waals surface area (Å²) in [5.41, 5.74) is 4.91. The summed E-state index contributed by atoms with van der Waals surface area (Å²) in [6, 6.07) is 16.4. The molecular weight excluding hydrogens is 396 g/mol. The van der Waals surface area contributed by atoms with Crippen molar-refractivity contribution >= 4 is 16.9 Å². The lowest BCUT2D eigenvalue weighted by atomic mass is 9.93. The Balaban J connectivity index is 1.79. The van der Waals surface area contributed by atoms with Crippen molar-refractivity contribution in [3.05, 3.63) is 89.0 Å². The molecule has 31 heavy (non-hydrogen) atoms. The molecule has 0 radical (unpaired) electrons. The Morgan fingerprint density at radius 2 is 1.81 bits per heavy atom. The molecule has 1 aliphatic rings. The SMILES string of the molecule is CC1Cc2cc(-c3ccccc3F)ccc2-c2nc3ccc(F)cc3c(C(=O)O)c2C1. The number of carboxylic acid groups (broad SMARTS) is 1. The zero-order chi connectivity index (χ0) is 21.7. The Bertz CT molecular complexity index is 1360. The zero-order valence-electron chi connectivity index (χ0n) is 16.8. The number of aromatic nitrogens is 1. The Morgan fingerprint density at radius 1 is 1.00 bits per heavy atom. The molecule has 0 aliphatic heterocycles. The Labute approximate surface area is 178 Å². The fourth-order valence-corrected chi connectivity index (χ4v) is 4.59. The summed E-state index contributed by atoms with van der Waals surface area (Å²) in [4.78, 5) is 17.0. The number of halogens is 2. The highest BCUT2D eigenvalue weighted by Crippen LogP contribution is 2.39. The molecule has 0 saturated carbocycles. The Hall–Kier alpha value is -3.60. The minimum absolute atomic E-state index is 0.109. The van der Waals surface area contributed by atoms with Crippen molar-refractivity contribution in [2.24, 2.45) is 5.92 Å². The van der Waals surface area contributed by atoms with Gasteiger partial charge in [0.2, 0.25) is 0 Å². The highest BCUT2D eigenvalue weighted by Gasteiger charge is 2.27. The van der Waals surface area contributed by atoms with Gasteiger partial charge < -0.3 is 5.11 Å². The molecule has 3 aromatic carbocycles. The summed E-state index contributed by atoms with van der Waals surface area (Å²) in [5.74, 6) is -1.73. The minimum atomic E-state index is -1.09. The molecule has 1 N–H and O–H groups in total. The van der Waals surface area contributed by atoms with Gasteiger partial charge in [0.1, 0.15) is 11.6 Å². The van der Waals surface area contributed by atoms with E-state index in [-0.39, 0.29) is 17.3 Å². The molecule has 0 saturated heterocycles. The quantitative estimate of drug-likeness (QED) is 0.419. The number of nitrogens with zero attached hydrogens (tertiary/aromatic N) is 1. The van der Waals surface area contributed by atoms with E-state index in [2.05, 4.69) is 6.92 Å². The number of hydrogen-bond donors (Lipinski definition) is 1. The molecule has 4 aromatic rings. The fraction of sp³-hybridized carbons (Fsp3) is 0.154. The van der Waals surface area contributed by atoms with E-state index in [9.17, 15) is 18.7 Å². The third-order valence-electron chi connectivity index (χ3n) is 5.93. The summed E-state index contributed by atoms with van der Waals surface area (Å²) in [7, 11) is 0. The van der Waals surface area contributed by atoms with Gasteiger partial charge in [0.15, 0.2) is 0 Å². The lowest BCUT2D eigenvalue weighted by Gasteiger charge is -2.15. The van der Waals surface area contributed by atoms with Crippen molar-refractivity contribution < 1.29 is 18.7 Å². The summed E-state index contributed by atoms with van der Waals surface area (Å²) < 4.78 is 28.2. The van der Waals surface area contributed by atoms with Crippen molar-refractivity contribution in [2.75, 3.05) is 0 Å². The van der Waals surface area contributed by atoms with Crippen LogP contribution in [0.4, 0.5) is 8.78 Å². The fourth-order valence-electron chi connectivity index (χ4n) is 4.59. The molecule has 1 unspecified atom stereocenters. The number of carbonyl (C=O) groups is 1. The van der Waals surface area contributed by atoms with E-state index in [1.54, 1.807) is 18.2 Å². The lowest BCUT2D eigenvalue weighted by molar-refractivity contribution is 0.0697. The molecule has 0 amide bonds. The van der Waals surface area contributed by atoms with E-state index in [1.165, 1.54) is 24.3 Å². The second-order valence-electron chi connectivity index (χ2n) is 8.15. The molecule has 1 atom stereocenters. The molecule has 0 fully saturated rings. The van der Waals surface area contributed by atoms with Crippen LogP contribution in [0, 0.1) is 17.6 Å². The molecule has 154 valence electrons. The van der Waals surface area contributed by atoms with Gasteiger partial charge in [-0.05, 0) is 59.7 Å². The third kappa shape index (κ3) is 3.26. The normalized spacial score (nSPS) is 15.3. The van der Waals surface area contributed by atoms with Crippen LogP contribution in [0.15, 0.2) is 60.7 Å². The number of pyridine rings is 1. The predicted molar refractivity (Wildman–Crippen MR) is 116 cm³/mol. The molecule has 1 aromatic heterocycles. The first kappa shape index (κ1) is 19.4. The topological polar surface area (TPSA) is 50.2 Å². The average molecular weight is 415 g/mol. The van der Waals surface area contributed by atoms with Gasteiger partial charge in [0.05, 0.1) is 16.8 Å². The highest BCUT2D eigenvalue weighted by atomic mass is 19.1. The second kappa shape index (κ2) is 7.27. The van der Waals surface area contributed by atoms with Gasteiger partial charge in [-0.3, -0.25) is 0 Å². The first-order valence-corrected chi connectivity index (χ1v) is 10.2. The van der Waals surface area contributed by atoms with Crippen molar-refractivity contribution in [3.8, 4) is 22.4 Å². The maximum Gasteiger partial charge on any atom is 0.336 e. The van der Waals surface area contributed by atoms with Crippen LogP contribution in [0.1, 0.15) is 28.4 Å². The summed E-state index contributed by atoms with van der Waals surface area (Å²) in [5, 5.41) is 10.3. The number of benzene rings is 3. The molecule has 0 bridgehead atoms. The maximum absolute atomic E-state index is 14.3. The average Bonchev–Trinajstić information content (AvgIpc) is 2.86. The first-order chi connectivity index (χ1) is 14.9. The number of rotatable bonds is 2. The van der Waals surface area contributed by atoms with Crippen LogP contribution < -0.4 is 0 Å². The van der Waals surface area contributed by atoms with Crippen LogP contribution >= 0.6 is 0 Å². The van der Waals surface area contributed by atoms with Crippen LogP contribution in [-0.4, -0.2) is 16.1 Å². The molecule has 5 heteroatoms. The number of carboxylic acids is 1. The third-order valence-corrected chi connectivity index (χ3v) is 5.93. The Morgan fingerprint density at radius 3 is 2.58 bits per heavy atom. The summed E-state index contributed by atoms with van der Waals surface area (Å²) >= 11 is 0. The first-order valence-electron chi connectivity index (χ1n) is 10.2. The monoisotopic (exact) mass is 415 g/mol. The van der Waals surface area contributed by atoms with Crippen LogP contribution in [-0.2, 0) is 12.8 Å². The second-order valence-corrected chi connectivity index (χ2v) is 8.15. The van der Waals surface area contributed by atoms with Crippen LogP contribution in [0.3, 0.4) is 0 Å². The lowest BCUT2D eigenvalue weighted by Crippen LogP contribution is -2.10. The standard InChI is InChI=1S/C26H19F2NO2/c1-14-10-16-12-15(18-4-2-3-5-22(18)28)6-8-19(16)25-21(11-14)24(26(30)31)20-13-17(27)7-9-23(20)29-25/h2-9,12-14H,10-11H2,1H3,(H,30,31). The van der Waals surface area contributed by atoms with E-state index in [0.717, 1.165) is 16.7 Å². The van der Waals surface area contributed by atoms with E-state index in [4.69, 9.17) is 4.98 Å². The van der Waals surface area contributed by atoms with Crippen molar-refractivity contribution in [2.45, 2.75) is 19.8 Å². The number of aromatic carboxylic acids is 1. The molecule has 1 aliphatic carbocycles. The highest BCUT2D eigenvalue weighted by molar-refractivity contribution is 6.06. The summed E-state index contributed by atoms with van der Waals surface area (Å²) in [6.45, 7) is 2.05. The maximum atomic E-state index is 14.3. The van der Waals surface area contributed by atoms with Crippen molar-refractivity contribution in [1.82, 2.24) is 4.98 Å². The molecular formula is C26H19F2NO2. The smallest absolute Gasteiger partial charge is 0.336 e. The van der Waals surface area contributed by atoms with Crippen molar-refractivity contribution in [1.29, 1.82) is 0 Å². The van der Waals surface area contributed by atoms with Gasteiger partial charge >= 0.3 is 5.97 Å². The predicted octanol–water partition coefficient (Wildman–Crippen LogP) is 6.28. The van der Waals surface area contributed by atoms with E-state index >= 15 is 0 Å². The molecule has 3 nitrogen and oxygen atoms in total. The van der Waals surface area contributed by atoms with Gasteiger partial charge in [-0.2, -0.15) is 0 Å². The van der Waals surface area contributed by atoms with Crippen molar-refractivity contribution in [3.63, 3.8) is 0 Å². The van der Waals surface area contributed by atoms with E-state index < -0.39 is 11.8 Å². The largest absolute Gasteiger partial charge is 0.478 e. The van der Waals surface area contributed by atoms with Gasteiger partial charge in [-0.1, -0.05) is 43.3 Å². The molecule has 0 spiro atoms. The zero-order valence-corrected chi connectivity index (χ0v) is 16.8. The van der Waals surface area contributed by atoms with Gasteiger partial charge in [0.25, 0.3) is 0 Å². The van der Waals surface area contributed by atoms with E-state index in [1.807, 2.05) is 18.2 Å². The Kier molecular flexibility index (Phi) is 4.54. The summed E-state index contributed by atoms with van der Waals surface area (Å²) in [6.07, 6.45) is 1.22.